The third-order valence-corrected chi connectivity index (χ3v) is 6.78. The number of halogens is 17. The average Bonchev–Trinajstić information content (AvgIpc) is 2.90. The van der Waals surface area contributed by atoms with Gasteiger partial charge in [0, 0.05) is 25.7 Å². The first kappa shape index (κ1) is 36.7. The molecule has 4 unspecified atom stereocenters. The normalized spacial score (nSPS) is 26.5. The Morgan fingerprint density at radius 1 is 0.725 bits per heavy atom. The molecule has 1 saturated carbocycles. The molecule has 40 heavy (non-hydrogen) atoms. The minimum absolute atomic E-state index is 0.360. The summed E-state index contributed by atoms with van der Waals surface area (Å²) in [6.07, 6.45) is -44.9. The molecule has 0 aromatic heterocycles. The van der Waals surface area contributed by atoms with Crippen molar-refractivity contribution in [2.45, 2.75) is 105 Å². The highest BCUT2D eigenvalue weighted by Gasteiger charge is 2.79. The summed E-state index contributed by atoms with van der Waals surface area (Å²) in [7, 11) is 0. The van der Waals surface area contributed by atoms with E-state index >= 15 is 4.39 Å². The Hall–Kier alpha value is -1.35. The van der Waals surface area contributed by atoms with E-state index in [1.165, 1.54) is 0 Å². The SMILES string of the molecule is CCC1CC(C(O)OC(CC(O)(C(F)(F)F)C(F)(F)F)CC(O)(C(F)(F)F)C(F)(F)F)C(F)(F)C1(F)C(C)(F)F. The molecule has 1 fully saturated rings. The van der Waals surface area contributed by atoms with Crippen molar-refractivity contribution in [3.05, 3.63) is 0 Å². The quantitative estimate of drug-likeness (QED) is 0.208. The average molecular weight is 636 g/mol. The monoisotopic (exact) mass is 636 g/mol. The van der Waals surface area contributed by atoms with Gasteiger partial charge in [-0.15, -0.1) is 0 Å². The van der Waals surface area contributed by atoms with Crippen molar-refractivity contribution in [3.63, 3.8) is 0 Å². The zero-order chi connectivity index (χ0) is 32.3. The van der Waals surface area contributed by atoms with Crippen molar-refractivity contribution in [2.24, 2.45) is 11.8 Å². The Bertz CT molecular complexity index is 804. The maximum Gasteiger partial charge on any atom is 0.426 e. The standard InChI is InChI=1S/C19H21F17O4/c1-3-7-4-9(15(23,24)14(7,22)11(2,20)21)10(37)40-8(5-12(38,16(25,26)27)17(28,29)30)6-13(39,18(31,32)33)19(34,35)36/h7-10,37-39H,3-6H2,1-2H3. The molecule has 0 spiro atoms. The lowest BCUT2D eigenvalue weighted by Crippen LogP contribution is -2.62. The van der Waals surface area contributed by atoms with Crippen LogP contribution in [0.2, 0.25) is 0 Å². The number of rotatable bonds is 9. The van der Waals surface area contributed by atoms with Gasteiger partial charge in [-0.1, -0.05) is 6.92 Å². The molecule has 1 aliphatic carbocycles. The lowest BCUT2D eigenvalue weighted by atomic mass is 9.83. The topological polar surface area (TPSA) is 69.9 Å². The van der Waals surface area contributed by atoms with Gasteiger partial charge in [-0.25, -0.2) is 22.0 Å². The maximum absolute atomic E-state index is 15.0. The molecule has 0 heterocycles. The molecule has 4 nitrogen and oxygen atoms in total. The van der Waals surface area contributed by atoms with E-state index in [4.69, 9.17) is 0 Å². The molecule has 4 atom stereocenters. The Labute approximate surface area is 213 Å². The molecule has 1 rings (SSSR count). The van der Waals surface area contributed by atoms with Crippen molar-refractivity contribution < 1.29 is 94.7 Å². The molecule has 0 bridgehead atoms. The second kappa shape index (κ2) is 10.4. The number of aliphatic hydroxyl groups excluding tert-OH is 1. The van der Waals surface area contributed by atoms with Crippen molar-refractivity contribution in [1.82, 2.24) is 0 Å². The zero-order valence-electron chi connectivity index (χ0n) is 19.8. The lowest BCUT2D eigenvalue weighted by Gasteiger charge is -2.41. The van der Waals surface area contributed by atoms with Gasteiger partial charge in [0.15, 0.2) is 6.29 Å². The number of hydrogen-bond acceptors (Lipinski definition) is 4. The van der Waals surface area contributed by atoms with Crippen LogP contribution in [0.5, 0.6) is 0 Å². The minimum atomic E-state index is -6.94. The highest BCUT2D eigenvalue weighted by Crippen LogP contribution is 2.62. The fourth-order valence-electron chi connectivity index (χ4n) is 4.46. The Morgan fingerprint density at radius 2 is 1.05 bits per heavy atom. The van der Waals surface area contributed by atoms with E-state index in [-0.39, 0.29) is 6.92 Å². The van der Waals surface area contributed by atoms with Crippen molar-refractivity contribution in [1.29, 1.82) is 0 Å². The third-order valence-electron chi connectivity index (χ3n) is 6.78. The van der Waals surface area contributed by atoms with E-state index in [9.17, 15) is 85.6 Å². The van der Waals surface area contributed by atoms with Gasteiger partial charge in [-0.3, -0.25) is 0 Å². The summed E-state index contributed by atoms with van der Waals surface area (Å²) in [5, 5.41) is 28.5. The van der Waals surface area contributed by atoms with Crippen LogP contribution in [0.1, 0.15) is 39.5 Å². The molecular formula is C19H21F17O4. The predicted molar refractivity (Wildman–Crippen MR) is 95.5 cm³/mol. The Balaban J connectivity index is 3.70. The summed E-state index contributed by atoms with van der Waals surface area (Å²) in [5.41, 5.74) is -17.3. The molecule has 0 saturated heterocycles. The van der Waals surface area contributed by atoms with Crippen LogP contribution in [-0.4, -0.2) is 81.1 Å². The number of hydrogen-bond donors (Lipinski definition) is 3. The minimum Gasteiger partial charge on any atom is -0.374 e. The van der Waals surface area contributed by atoms with Gasteiger partial charge in [-0.2, -0.15) is 52.7 Å². The van der Waals surface area contributed by atoms with Crippen LogP contribution in [0.25, 0.3) is 0 Å². The van der Waals surface area contributed by atoms with Gasteiger partial charge in [0.25, 0.3) is 23.0 Å². The summed E-state index contributed by atoms with van der Waals surface area (Å²) in [6.45, 7) is 0.500. The van der Waals surface area contributed by atoms with Crippen molar-refractivity contribution in [3.8, 4) is 0 Å². The van der Waals surface area contributed by atoms with Gasteiger partial charge < -0.3 is 20.1 Å². The summed E-state index contributed by atoms with van der Waals surface area (Å²) >= 11 is 0. The van der Waals surface area contributed by atoms with E-state index in [1.54, 1.807) is 0 Å². The van der Waals surface area contributed by atoms with Crippen molar-refractivity contribution in [2.75, 3.05) is 0 Å². The van der Waals surface area contributed by atoms with E-state index in [0.29, 0.717) is 0 Å². The van der Waals surface area contributed by atoms with Gasteiger partial charge in [-0.05, 0) is 12.8 Å². The van der Waals surface area contributed by atoms with Crippen LogP contribution in [0, 0.1) is 11.8 Å². The highest BCUT2D eigenvalue weighted by molar-refractivity contribution is 5.15. The van der Waals surface area contributed by atoms with Gasteiger partial charge in [0.2, 0.25) is 5.67 Å². The maximum atomic E-state index is 15.0. The van der Waals surface area contributed by atoms with Gasteiger partial charge >= 0.3 is 24.7 Å². The molecule has 3 N–H and O–H groups in total. The van der Waals surface area contributed by atoms with E-state index in [2.05, 4.69) is 4.74 Å². The second-order valence-electron chi connectivity index (χ2n) is 9.44. The highest BCUT2D eigenvalue weighted by atomic mass is 19.4. The number of ether oxygens (including phenoxy) is 1. The first-order valence-electron chi connectivity index (χ1n) is 10.8. The van der Waals surface area contributed by atoms with E-state index in [1.807, 2.05) is 0 Å². The largest absolute Gasteiger partial charge is 0.426 e. The lowest BCUT2D eigenvalue weighted by molar-refractivity contribution is -0.392. The molecule has 1 aliphatic rings. The second-order valence-corrected chi connectivity index (χ2v) is 9.44. The fraction of sp³-hybridized carbons (Fsp3) is 1.00. The molecule has 0 aromatic carbocycles. The summed E-state index contributed by atoms with van der Waals surface area (Å²) in [6, 6.07) is 0. The van der Waals surface area contributed by atoms with Crippen LogP contribution >= 0.6 is 0 Å². The Kier molecular flexibility index (Phi) is 9.56. The molecule has 21 heteroatoms. The summed E-state index contributed by atoms with van der Waals surface area (Å²) in [4.78, 5) is 0. The van der Waals surface area contributed by atoms with E-state index in [0.717, 1.165) is 6.92 Å². The third kappa shape index (κ3) is 5.93. The van der Waals surface area contributed by atoms with Crippen molar-refractivity contribution >= 4 is 0 Å². The number of alkyl halides is 17. The first-order valence-corrected chi connectivity index (χ1v) is 10.8. The summed E-state index contributed by atoms with van der Waals surface area (Å²) in [5.74, 6) is -16.2. The van der Waals surface area contributed by atoms with E-state index < -0.39 is 103 Å². The molecule has 0 aromatic rings. The predicted octanol–water partition coefficient (Wildman–Crippen LogP) is 6.23. The van der Waals surface area contributed by atoms with Gasteiger partial charge in [0.1, 0.15) is 0 Å². The van der Waals surface area contributed by atoms with Crippen LogP contribution in [0.15, 0.2) is 0 Å². The van der Waals surface area contributed by atoms with Gasteiger partial charge in [0.05, 0.1) is 12.0 Å². The number of aliphatic hydroxyl groups is 3. The summed E-state index contributed by atoms with van der Waals surface area (Å²) < 4.78 is 234. The van der Waals surface area contributed by atoms with Crippen LogP contribution in [0.3, 0.4) is 0 Å². The molecule has 0 aliphatic heterocycles. The smallest absolute Gasteiger partial charge is 0.374 e. The van der Waals surface area contributed by atoms with Crippen LogP contribution in [-0.2, 0) is 4.74 Å². The Morgan fingerprint density at radius 3 is 1.27 bits per heavy atom. The molecular weight excluding hydrogens is 615 g/mol. The first-order chi connectivity index (χ1) is 17.3. The van der Waals surface area contributed by atoms with Crippen LogP contribution < -0.4 is 0 Å². The fourth-order valence-corrected chi connectivity index (χ4v) is 4.46. The molecule has 0 radical (unpaired) electrons. The molecule has 0 amide bonds. The zero-order valence-corrected chi connectivity index (χ0v) is 19.8. The molecule has 240 valence electrons. The van der Waals surface area contributed by atoms with Crippen LogP contribution in [0.4, 0.5) is 74.6 Å².